The Morgan fingerprint density at radius 3 is 2.15 bits per heavy atom. The molecule has 0 heterocycles. The summed E-state index contributed by atoms with van der Waals surface area (Å²) in [7, 11) is 0. The number of aryl methyl sites for hydroxylation is 1. The fourth-order valence-corrected chi connectivity index (χ4v) is 3.39. The highest BCUT2D eigenvalue weighted by Crippen LogP contribution is 2.09. The average Bonchev–Trinajstić information content (AvgIpc) is 2.81. The van der Waals surface area contributed by atoms with Gasteiger partial charge in [-0.1, -0.05) is 60.7 Å². The van der Waals surface area contributed by atoms with E-state index in [0.29, 0.717) is 32.4 Å². The van der Waals surface area contributed by atoms with Gasteiger partial charge in [0, 0.05) is 13.1 Å². The number of hydrogen-bond acceptors (Lipinski definition) is 5. The van der Waals surface area contributed by atoms with Crippen LogP contribution in [0.1, 0.15) is 51.2 Å². The number of hydrogen-bond donors (Lipinski definition) is 3. The summed E-state index contributed by atoms with van der Waals surface area (Å²) in [5, 5.41) is 18.6. The minimum atomic E-state index is -0.565. The van der Waals surface area contributed by atoms with Gasteiger partial charge in [-0.05, 0) is 57.6 Å². The Morgan fingerprint density at radius 2 is 1.56 bits per heavy atom. The number of rotatable bonds is 12. The molecule has 0 spiro atoms. The number of nitrogens with one attached hydrogen (secondary N) is 3. The van der Waals surface area contributed by atoms with Crippen LogP contribution in [0.25, 0.3) is 0 Å². The highest BCUT2D eigenvalue weighted by molar-refractivity contribution is 5.81. The van der Waals surface area contributed by atoms with E-state index in [9.17, 15) is 14.9 Å². The predicted octanol–water partition coefficient (Wildman–Crippen LogP) is 4.09. The van der Waals surface area contributed by atoms with Crippen molar-refractivity contribution in [3.8, 4) is 6.07 Å². The lowest BCUT2D eigenvalue weighted by Crippen LogP contribution is -2.48. The quantitative estimate of drug-likeness (QED) is 0.411. The SMILES string of the molecule is CC(C)(C)OC(=O)NCCC[C@H](N[C@@H](C#N)CCc1ccccc1)C(=O)NCc1ccccc1. The molecule has 0 aromatic heterocycles. The predicted molar refractivity (Wildman–Crippen MR) is 133 cm³/mol. The molecule has 2 atom stereocenters. The molecule has 2 amide bonds. The van der Waals surface area contributed by atoms with Gasteiger partial charge in [0.1, 0.15) is 5.60 Å². The first-order valence-corrected chi connectivity index (χ1v) is 11.7. The molecule has 0 saturated carbocycles. The minimum Gasteiger partial charge on any atom is -0.444 e. The van der Waals surface area contributed by atoms with Crippen LogP contribution < -0.4 is 16.0 Å². The normalized spacial score (nSPS) is 12.8. The Kier molecular flexibility index (Phi) is 11.1. The second kappa shape index (κ2) is 14.0. The van der Waals surface area contributed by atoms with Crippen LogP contribution in [0.3, 0.4) is 0 Å². The molecule has 34 heavy (non-hydrogen) atoms. The Hall–Kier alpha value is -3.37. The van der Waals surface area contributed by atoms with Crippen molar-refractivity contribution in [1.82, 2.24) is 16.0 Å². The van der Waals surface area contributed by atoms with E-state index in [1.807, 2.05) is 60.7 Å². The molecule has 0 unspecified atom stereocenters. The lowest BCUT2D eigenvalue weighted by Gasteiger charge is -2.22. The van der Waals surface area contributed by atoms with E-state index in [2.05, 4.69) is 22.0 Å². The van der Waals surface area contributed by atoms with E-state index < -0.39 is 23.8 Å². The summed E-state index contributed by atoms with van der Waals surface area (Å²) < 4.78 is 5.25. The van der Waals surface area contributed by atoms with Gasteiger partial charge in [-0.15, -0.1) is 0 Å². The van der Waals surface area contributed by atoms with Crippen LogP contribution in [-0.4, -0.2) is 36.2 Å². The molecule has 0 bridgehead atoms. The van der Waals surface area contributed by atoms with Crippen LogP contribution in [0.15, 0.2) is 60.7 Å². The minimum absolute atomic E-state index is 0.166. The summed E-state index contributed by atoms with van der Waals surface area (Å²) in [6, 6.07) is 20.9. The smallest absolute Gasteiger partial charge is 0.407 e. The molecule has 0 saturated heterocycles. The molecule has 0 aliphatic heterocycles. The van der Waals surface area contributed by atoms with Crippen molar-refractivity contribution >= 4 is 12.0 Å². The number of carbonyl (C=O) groups excluding carboxylic acids is 2. The number of ether oxygens (including phenoxy) is 1. The van der Waals surface area contributed by atoms with Crippen LogP contribution in [0.2, 0.25) is 0 Å². The van der Waals surface area contributed by atoms with Crippen molar-refractivity contribution in [3.05, 3.63) is 71.8 Å². The molecule has 0 aliphatic carbocycles. The van der Waals surface area contributed by atoms with E-state index in [1.165, 1.54) is 0 Å². The largest absolute Gasteiger partial charge is 0.444 e. The molecule has 182 valence electrons. The summed E-state index contributed by atoms with van der Waals surface area (Å²) in [4.78, 5) is 24.8. The van der Waals surface area contributed by atoms with Gasteiger partial charge in [0.25, 0.3) is 0 Å². The average molecular weight is 465 g/mol. The third-order valence-electron chi connectivity index (χ3n) is 5.09. The zero-order valence-corrected chi connectivity index (χ0v) is 20.3. The Morgan fingerprint density at radius 1 is 0.941 bits per heavy atom. The highest BCUT2D eigenvalue weighted by Gasteiger charge is 2.22. The van der Waals surface area contributed by atoms with Crippen LogP contribution >= 0.6 is 0 Å². The third-order valence-corrected chi connectivity index (χ3v) is 5.09. The lowest BCUT2D eigenvalue weighted by molar-refractivity contribution is -0.123. The molecule has 3 N–H and O–H groups in total. The highest BCUT2D eigenvalue weighted by atomic mass is 16.6. The Balaban J connectivity index is 1.92. The van der Waals surface area contributed by atoms with Gasteiger partial charge in [0.05, 0.1) is 18.2 Å². The van der Waals surface area contributed by atoms with Gasteiger partial charge in [-0.2, -0.15) is 5.26 Å². The number of nitrogens with zero attached hydrogens (tertiary/aromatic N) is 1. The number of carbonyl (C=O) groups is 2. The Bertz CT molecular complexity index is 920. The first kappa shape index (κ1) is 26.9. The summed E-state index contributed by atoms with van der Waals surface area (Å²) in [5.41, 5.74) is 1.59. The molecule has 2 aromatic rings. The van der Waals surface area contributed by atoms with Crippen LogP contribution in [0.5, 0.6) is 0 Å². The topological polar surface area (TPSA) is 103 Å². The van der Waals surface area contributed by atoms with E-state index in [0.717, 1.165) is 17.5 Å². The first-order chi connectivity index (χ1) is 16.3. The fraction of sp³-hybridized carbons (Fsp3) is 0.444. The van der Waals surface area contributed by atoms with E-state index in [1.54, 1.807) is 20.8 Å². The molecule has 7 nitrogen and oxygen atoms in total. The van der Waals surface area contributed by atoms with Crippen molar-refractivity contribution in [2.75, 3.05) is 6.54 Å². The van der Waals surface area contributed by atoms with Gasteiger partial charge < -0.3 is 15.4 Å². The molecule has 0 fully saturated rings. The summed E-state index contributed by atoms with van der Waals surface area (Å²) >= 11 is 0. The molecule has 2 aromatic carbocycles. The number of nitriles is 1. The zero-order valence-electron chi connectivity index (χ0n) is 20.3. The monoisotopic (exact) mass is 464 g/mol. The molecular formula is C27H36N4O3. The van der Waals surface area contributed by atoms with Gasteiger partial charge in [0.2, 0.25) is 5.91 Å². The molecule has 7 heteroatoms. The fourth-order valence-electron chi connectivity index (χ4n) is 3.39. The molecular weight excluding hydrogens is 428 g/mol. The second-order valence-electron chi connectivity index (χ2n) is 9.20. The maximum absolute atomic E-state index is 13.0. The summed E-state index contributed by atoms with van der Waals surface area (Å²) in [5.74, 6) is -0.166. The number of alkyl carbamates (subject to hydrolysis) is 1. The molecule has 2 rings (SSSR count). The van der Waals surface area contributed by atoms with Crippen molar-refractivity contribution < 1.29 is 14.3 Å². The van der Waals surface area contributed by atoms with Crippen LogP contribution in [-0.2, 0) is 22.5 Å². The Labute approximate surface area is 202 Å². The summed E-state index contributed by atoms with van der Waals surface area (Å²) in [6.45, 7) is 6.21. The van der Waals surface area contributed by atoms with E-state index >= 15 is 0 Å². The molecule has 0 aliphatic rings. The standard InChI is InChI=1S/C27H36N4O3/c1-27(2,3)34-26(33)29-18-10-15-24(25(32)30-20-22-13-8-5-9-14-22)31-23(19-28)17-16-21-11-6-4-7-12-21/h4-9,11-14,23-24,31H,10,15-18,20H2,1-3H3,(H,29,33)(H,30,32)/t23-,24+/m1/s1. The van der Waals surface area contributed by atoms with Crippen molar-refractivity contribution in [2.24, 2.45) is 0 Å². The summed E-state index contributed by atoms with van der Waals surface area (Å²) in [6.07, 6.45) is 1.89. The zero-order chi connectivity index (χ0) is 24.8. The maximum Gasteiger partial charge on any atom is 0.407 e. The second-order valence-corrected chi connectivity index (χ2v) is 9.20. The van der Waals surface area contributed by atoms with Crippen molar-refractivity contribution in [3.63, 3.8) is 0 Å². The van der Waals surface area contributed by atoms with Crippen LogP contribution in [0.4, 0.5) is 4.79 Å². The van der Waals surface area contributed by atoms with Crippen LogP contribution in [0, 0.1) is 11.3 Å². The van der Waals surface area contributed by atoms with Gasteiger partial charge in [-0.25, -0.2) is 4.79 Å². The number of benzene rings is 2. The first-order valence-electron chi connectivity index (χ1n) is 11.7. The number of amides is 2. The van der Waals surface area contributed by atoms with Crippen molar-refractivity contribution in [2.45, 2.75) is 70.7 Å². The van der Waals surface area contributed by atoms with Crippen molar-refractivity contribution in [1.29, 1.82) is 5.26 Å². The van der Waals surface area contributed by atoms with Gasteiger partial charge >= 0.3 is 6.09 Å². The van der Waals surface area contributed by atoms with E-state index in [4.69, 9.17) is 4.74 Å². The lowest BCUT2D eigenvalue weighted by atomic mass is 10.0. The third kappa shape index (κ3) is 11.0. The maximum atomic E-state index is 13.0. The molecule has 0 radical (unpaired) electrons. The van der Waals surface area contributed by atoms with Gasteiger partial charge in [-0.3, -0.25) is 10.1 Å². The van der Waals surface area contributed by atoms with Gasteiger partial charge in [0.15, 0.2) is 0 Å². The van der Waals surface area contributed by atoms with E-state index in [-0.39, 0.29) is 5.91 Å².